The van der Waals surface area contributed by atoms with Crippen molar-refractivity contribution < 1.29 is 0 Å². The highest BCUT2D eigenvalue weighted by molar-refractivity contribution is 5.94. The number of pyridine rings is 3. The molecule has 6 rings (SSSR count). The van der Waals surface area contributed by atoms with Crippen molar-refractivity contribution in [2.24, 2.45) is 0 Å². The first-order valence-electron chi connectivity index (χ1n) is 8.72. The molecule has 0 spiro atoms. The van der Waals surface area contributed by atoms with E-state index in [0.29, 0.717) is 0 Å². The number of nitrogens with zero attached hydrogens (tertiary/aromatic N) is 6. The highest BCUT2D eigenvalue weighted by Gasteiger charge is 2.21. The average molecular weight is 350 g/mol. The zero-order valence-corrected chi connectivity index (χ0v) is 14.3. The summed E-state index contributed by atoms with van der Waals surface area (Å²) in [5.74, 6) is 0. The number of aromatic nitrogens is 6. The second-order valence-corrected chi connectivity index (χ2v) is 6.43. The van der Waals surface area contributed by atoms with Crippen LogP contribution in [0.2, 0.25) is 0 Å². The van der Waals surface area contributed by atoms with Gasteiger partial charge < -0.3 is 8.80 Å². The van der Waals surface area contributed by atoms with Gasteiger partial charge in [0.25, 0.3) is 0 Å². The quantitative estimate of drug-likeness (QED) is 0.475. The summed E-state index contributed by atoms with van der Waals surface area (Å²) in [6.45, 7) is 0. The molecule has 128 valence electrons. The number of fused-ring (bicyclic) bond motifs is 3. The molecule has 6 heteroatoms. The fourth-order valence-corrected chi connectivity index (χ4v) is 3.60. The molecule has 0 radical (unpaired) electrons. The summed E-state index contributed by atoms with van der Waals surface area (Å²) >= 11 is 0. The molecule has 0 aliphatic heterocycles. The maximum absolute atomic E-state index is 4.84. The Morgan fingerprint density at radius 1 is 0.704 bits per heavy atom. The summed E-state index contributed by atoms with van der Waals surface area (Å²) in [4.78, 5) is 9.48. The Morgan fingerprint density at radius 2 is 1.48 bits per heavy atom. The van der Waals surface area contributed by atoms with Crippen LogP contribution in [-0.2, 0) is 0 Å². The van der Waals surface area contributed by atoms with Crippen LogP contribution in [-0.4, -0.2) is 28.4 Å². The minimum absolute atomic E-state index is 0.832. The summed E-state index contributed by atoms with van der Waals surface area (Å²) in [7, 11) is 0. The van der Waals surface area contributed by atoms with Crippen LogP contribution in [0.15, 0.2) is 85.7 Å². The van der Waals surface area contributed by atoms with Crippen LogP contribution in [0.5, 0.6) is 0 Å². The highest BCUT2D eigenvalue weighted by atomic mass is 15.2. The van der Waals surface area contributed by atoms with Gasteiger partial charge >= 0.3 is 0 Å². The smallest absolute Gasteiger partial charge is 0.137 e. The molecule has 0 bridgehead atoms. The van der Waals surface area contributed by atoms with Gasteiger partial charge in [0.1, 0.15) is 23.4 Å². The molecule has 0 amide bonds. The predicted octanol–water partition coefficient (Wildman–Crippen LogP) is 3.96. The molecule has 6 aromatic heterocycles. The van der Waals surface area contributed by atoms with Gasteiger partial charge in [-0.15, -0.1) is 0 Å². The van der Waals surface area contributed by atoms with Crippen LogP contribution in [0.4, 0.5) is 0 Å². The molecule has 0 aliphatic carbocycles. The molecular formula is C21H14N6. The van der Waals surface area contributed by atoms with Gasteiger partial charge in [-0.3, -0.25) is 0 Å². The number of imidazole rings is 2. The third-order valence-corrected chi connectivity index (χ3v) is 4.83. The molecule has 0 saturated heterocycles. The molecule has 0 fully saturated rings. The van der Waals surface area contributed by atoms with E-state index in [4.69, 9.17) is 10.1 Å². The third-order valence-electron chi connectivity index (χ3n) is 4.83. The van der Waals surface area contributed by atoms with E-state index in [1.807, 2.05) is 86.9 Å². The fraction of sp³-hybridized carbons (Fsp3) is 0. The third kappa shape index (κ3) is 2.04. The summed E-state index contributed by atoms with van der Waals surface area (Å²) in [6, 6.07) is 18.1. The Labute approximate surface area is 154 Å². The Balaban J connectivity index is 1.71. The molecule has 0 aromatic carbocycles. The summed E-state index contributed by atoms with van der Waals surface area (Å²) in [5.41, 5.74) is 6.49. The van der Waals surface area contributed by atoms with Gasteiger partial charge in [-0.2, -0.15) is 5.10 Å². The van der Waals surface area contributed by atoms with Gasteiger partial charge in [0.15, 0.2) is 0 Å². The molecule has 0 saturated carbocycles. The van der Waals surface area contributed by atoms with Gasteiger partial charge in [-0.1, -0.05) is 18.2 Å². The largest absolute Gasteiger partial charge is 0.306 e. The van der Waals surface area contributed by atoms with E-state index in [1.54, 1.807) is 0 Å². The Hall–Kier alpha value is -3.93. The second-order valence-electron chi connectivity index (χ2n) is 6.43. The van der Waals surface area contributed by atoms with E-state index in [1.165, 1.54) is 0 Å². The normalized spacial score (nSPS) is 11.7. The zero-order chi connectivity index (χ0) is 17.8. The lowest BCUT2D eigenvalue weighted by molar-refractivity contribution is 0.964. The van der Waals surface area contributed by atoms with E-state index in [9.17, 15) is 0 Å². The predicted molar refractivity (Wildman–Crippen MR) is 104 cm³/mol. The van der Waals surface area contributed by atoms with E-state index in [2.05, 4.69) is 17.1 Å². The summed E-state index contributed by atoms with van der Waals surface area (Å²) < 4.78 is 5.92. The van der Waals surface area contributed by atoms with Gasteiger partial charge in [0.2, 0.25) is 0 Å². The van der Waals surface area contributed by atoms with E-state index >= 15 is 0 Å². The van der Waals surface area contributed by atoms with Crippen molar-refractivity contribution in [3.63, 3.8) is 0 Å². The van der Waals surface area contributed by atoms with Crippen LogP contribution < -0.4 is 0 Å². The van der Waals surface area contributed by atoms with Crippen LogP contribution in [0, 0.1) is 0 Å². The van der Waals surface area contributed by atoms with Gasteiger partial charge in [-0.25, -0.2) is 14.5 Å². The minimum Gasteiger partial charge on any atom is -0.306 e. The van der Waals surface area contributed by atoms with Gasteiger partial charge in [-0.05, 0) is 36.4 Å². The molecule has 6 nitrogen and oxygen atoms in total. The van der Waals surface area contributed by atoms with Gasteiger partial charge in [0.05, 0.1) is 22.3 Å². The molecule has 0 aliphatic rings. The zero-order valence-electron chi connectivity index (χ0n) is 14.3. The molecule has 0 atom stereocenters. The molecule has 27 heavy (non-hydrogen) atoms. The molecule has 6 heterocycles. The first-order valence-corrected chi connectivity index (χ1v) is 8.72. The lowest BCUT2D eigenvalue weighted by Crippen LogP contribution is -1.86. The van der Waals surface area contributed by atoms with Crippen molar-refractivity contribution in [3.8, 4) is 22.6 Å². The number of hydrogen-bond acceptors (Lipinski definition) is 3. The maximum Gasteiger partial charge on any atom is 0.137 e. The van der Waals surface area contributed by atoms with Crippen molar-refractivity contribution >= 4 is 16.7 Å². The van der Waals surface area contributed by atoms with Crippen molar-refractivity contribution in [2.45, 2.75) is 0 Å². The monoisotopic (exact) mass is 350 g/mol. The lowest BCUT2D eigenvalue weighted by Gasteiger charge is -1.99. The lowest BCUT2D eigenvalue weighted by atomic mass is 10.1. The van der Waals surface area contributed by atoms with Crippen LogP contribution >= 0.6 is 0 Å². The Kier molecular flexibility index (Phi) is 2.79. The molecule has 6 aromatic rings. The van der Waals surface area contributed by atoms with Crippen LogP contribution in [0.1, 0.15) is 0 Å². The van der Waals surface area contributed by atoms with Gasteiger partial charge in [0, 0.05) is 24.8 Å². The molecular weight excluding hydrogens is 336 g/mol. The van der Waals surface area contributed by atoms with Crippen molar-refractivity contribution in [1.82, 2.24) is 28.4 Å². The Morgan fingerprint density at radius 3 is 2.37 bits per heavy atom. The van der Waals surface area contributed by atoms with Crippen molar-refractivity contribution in [3.05, 3.63) is 85.7 Å². The van der Waals surface area contributed by atoms with E-state index < -0.39 is 0 Å². The van der Waals surface area contributed by atoms with Crippen molar-refractivity contribution in [2.75, 3.05) is 0 Å². The van der Waals surface area contributed by atoms with E-state index in [0.717, 1.165) is 39.3 Å². The SMILES string of the molecule is c1ccn2cc(-c3c(-c4ncn5ccccc45)nn4ccccc34)nc2c1. The number of rotatable bonds is 2. The topological polar surface area (TPSA) is 51.9 Å². The van der Waals surface area contributed by atoms with E-state index in [-0.39, 0.29) is 0 Å². The summed E-state index contributed by atoms with van der Waals surface area (Å²) in [6.07, 6.45) is 9.81. The summed E-state index contributed by atoms with van der Waals surface area (Å²) in [5, 5.41) is 4.84. The second kappa shape index (κ2) is 5.28. The highest BCUT2D eigenvalue weighted by Crippen LogP contribution is 2.35. The fourth-order valence-electron chi connectivity index (χ4n) is 3.60. The first-order chi connectivity index (χ1) is 13.4. The number of hydrogen-bond donors (Lipinski definition) is 0. The minimum atomic E-state index is 0.832. The average Bonchev–Trinajstić information content (AvgIpc) is 3.41. The maximum atomic E-state index is 4.84. The standard InChI is InChI=1S/C21H14N6/c1-4-11-26-14-22-20(17(26)8-1)21-19(16-7-2-6-12-27(16)24-21)15-13-25-10-5-3-9-18(25)23-15/h1-14H. The molecule has 0 N–H and O–H groups in total. The van der Waals surface area contributed by atoms with Crippen LogP contribution in [0.25, 0.3) is 39.3 Å². The van der Waals surface area contributed by atoms with Crippen molar-refractivity contribution in [1.29, 1.82) is 0 Å². The first kappa shape index (κ1) is 14.3. The van der Waals surface area contributed by atoms with Crippen LogP contribution in [0.3, 0.4) is 0 Å². The Bertz CT molecular complexity index is 1400. The molecule has 0 unspecified atom stereocenters.